The molecule has 1 saturated heterocycles. The molecule has 1 unspecified atom stereocenters. The van der Waals surface area contributed by atoms with Gasteiger partial charge in [0.15, 0.2) is 5.69 Å². The number of H-pyrrole nitrogens is 1. The SMILES string of the molecule is CC(=O)N1CCCC1c1cc(C(=O)O)n[nH]1. The number of hydrogen-bond acceptors (Lipinski definition) is 3. The Morgan fingerprint density at radius 3 is 2.94 bits per heavy atom. The van der Waals surface area contributed by atoms with Crippen molar-refractivity contribution in [3.8, 4) is 0 Å². The van der Waals surface area contributed by atoms with E-state index in [9.17, 15) is 9.59 Å². The van der Waals surface area contributed by atoms with Gasteiger partial charge in [0, 0.05) is 13.5 Å². The molecule has 1 atom stereocenters. The van der Waals surface area contributed by atoms with Crippen molar-refractivity contribution >= 4 is 11.9 Å². The van der Waals surface area contributed by atoms with Crippen LogP contribution in [-0.2, 0) is 4.79 Å². The van der Waals surface area contributed by atoms with Gasteiger partial charge in [0.25, 0.3) is 0 Å². The van der Waals surface area contributed by atoms with Crippen LogP contribution in [0.15, 0.2) is 6.07 Å². The smallest absolute Gasteiger partial charge is 0.356 e. The van der Waals surface area contributed by atoms with E-state index < -0.39 is 5.97 Å². The molecule has 1 aromatic rings. The van der Waals surface area contributed by atoms with Crippen molar-refractivity contribution in [1.29, 1.82) is 0 Å². The number of aromatic nitrogens is 2. The van der Waals surface area contributed by atoms with Crippen molar-refractivity contribution in [2.24, 2.45) is 0 Å². The second-order valence-electron chi connectivity index (χ2n) is 3.88. The van der Waals surface area contributed by atoms with Crippen LogP contribution < -0.4 is 0 Å². The van der Waals surface area contributed by atoms with Gasteiger partial charge in [-0.15, -0.1) is 0 Å². The lowest BCUT2D eigenvalue weighted by Gasteiger charge is -2.21. The first-order chi connectivity index (χ1) is 7.59. The molecule has 0 aromatic carbocycles. The molecule has 6 heteroatoms. The summed E-state index contributed by atoms with van der Waals surface area (Å²) >= 11 is 0. The number of nitrogens with one attached hydrogen (secondary N) is 1. The van der Waals surface area contributed by atoms with Crippen molar-refractivity contribution in [3.63, 3.8) is 0 Å². The van der Waals surface area contributed by atoms with Crippen molar-refractivity contribution in [2.75, 3.05) is 6.54 Å². The second kappa shape index (κ2) is 3.96. The molecule has 0 radical (unpaired) electrons. The fraction of sp³-hybridized carbons (Fsp3) is 0.500. The Bertz CT molecular complexity index is 427. The van der Waals surface area contributed by atoms with Crippen LogP contribution in [0, 0.1) is 0 Å². The number of amides is 1. The molecule has 0 bridgehead atoms. The molecule has 86 valence electrons. The van der Waals surface area contributed by atoms with Gasteiger partial charge in [0.05, 0.1) is 11.7 Å². The van der Waals surface area contributed by atoms with E-state index in [2.05, 4.69) is 10.2 Å². The first-order valence-corrected chi connectivity index (χ1v) is 5.15. The lowest BCUT2D eigenvalue weighted by atomic mass is 10.1. The fourth-order valence-corrected chi connectivity index (χ4v) is 2.08. The van der Waals surface area contributed by atoms with Crippen molar-refractivity contribution < 1.29 is 14.7 Å². The number of carbonyl (C=O) groups excluding carboxylic acids is 1. The number of carboxylic acid groups (broad SMARTS) is 1. The minimum absolute atomic E-state index is 0.00831. The summed E-state index contributed by atoms with van der Waals surface area (Å²) < 4.78 is 0. The maximum Gasteiger partial charge on any atom is 0.356 e. The van der Waals surface area contributed by atoms with Crippen LogP contribution in [0.4, 0.5) is 0 Å². The molecule has 1 aliphatic rings. The molecular formula is C10H13N3O3. The highest BCUT2D eigenvalue weighted by Gasteiger charge is 2.29. The molecule has 16 heavy (non-hydrogen) atoms. The third-order valence-electron chi connectivity index (χ3n) is 2.83. The number of aromatic amines is 1. The van der Waals surface area contributed by atoms with Crippen LogP contribution >= 0.6 is 0 Å². The Morgan fingerprint density at radius 1 is 1.62 bits per heavy atom. The van der Waals surface area contributed by atoms with Gasteiger partial charge in [0.1, 0.15) is 0 Å². The van der Waals surface area contributed by atoms with E-state index in [0.29, 0.717) is 5.69 Å². The maximum atomic E-state index is 11.3. The van der Waals surface area contributed by atoms with Gasteiger partial charge >= 0.3 is 5.97 Å². The first-order valence-electron chi connectivity index (χ1n) is 5.15. The standard InChI is InChI=1S/C10H13N3O3/c1-6(14)13-4-2-3-9(13)7-5-8(10(15)16)12-11-7/h5,9H,2-4H2,1H3,(H,11,12)(H,15,16). The average Bonchev–Trinajstić information content (AvgIpc) is 2.86. The Morgan fingerprint density at radius 2 is 2.38 bits per heavy atom. The molecule has 1 aliphatic heterocycles. The second-order valence-corrected chi connectivity index (χ2v) is 3.88. The number of carbonyl (C=O) groups is 2. The molecule has 0 aliphatic carbocycles. The van der Waals surface area contributed by atoms with Gasteiger partial charge in [-0.25, -0.2) is 4.79 Å². The van der Waals surface area contributed by atoms with Crippen LogP contribution in [0.1, 0.15) is 42.0 Å². The number of carboxylic acids is 1. The molecule has 1 amide bonds. The molecule has 2 rings (SSSR count). The quantitative estimate of drug-likeness (QED) is 0.776. The highest BCUT2D eigenvalue weighted by Crippen LogP contribution is 2.30. The minimum Gasteiger partial charge on any atom is -0.476 e. The molecule has 2 N–H and O–H groups in total. The first kappa shape index (κ1) is 10.7. The van der Waals surface area contributed by atoms with Crippen molar-refractivity contribution in [2.45, 2.75) is 25.8 Å². The molecule has 2 heterocycles. The average molecular weight is 223 g/mol. The zero-order chi connectivity index (χ0) is 11.7. The molecule has 6 nitrogen and oxygen atoms in total. The monoisotopic (exact) mass is 223 g/mol. The van der Waals surface area contributed by atoms with Crippen LogP contribution in [0.3, 0.4) is 0 Å². The molecule has 0 saturated carbocycles. The third kappa shape index (κ3) is 1.78. The molecule has 0 spiro atoms. The third-order valence-corrected chi connectivity index (χ3v) is 2.83. The Kier molecular flexibility index (Phi) is 2.64. The Balaban J connectivity index is 2.22. The van der Waals surface area contributed by atoms with Crippen LogP contribution in [0.2, 0.25) is 0 Å². The van der Waals surface area contributed by atoms with E-state index in [4.69, 9.17) is 5.11 Å². The summed E-state index contributed by atoms with van der Waals surface area (Å²) in [6.45, 7) is 2.24. The lowest BCUT2D eigenvalue weighted by Crippen LogP contribution is -2.28. The summed E-state index contributed by atoms with van der Waals surface area (Å²) in [6, 6.07) is 1.44. The summed E-state index contributed by atoms with van der Waals surface area (Å²) in [5, 5.41) is 15.1. The van der Waals surface area contributed by atoms with Gasteiger partial charge in [-0.05, 0) is 18.9 Å². The number of rotatable bonds is 2. The van der Waals surface area contributed by atoms with Crippen LogP contribution in [0.5, 0.6) is 0 Å². The zero-order valence-electron chi connectivity index (χ0n) is 8.93. The highest BCUT2D eigenvalue weighted by molar-refractivity contribution is 5.85. The van der Waals surface area contributed by atoms with Crippen molar-refractivity contribution in [3.05, 3.63) is 17.5 Å². The van der Waals surface area contributed by atoms with E-state index >= 15 is 0 Å². The summed E-state index contributed by atoms with van der Waals surface area (Å²) in [5.41, 5.74) is 0.690. The maximum absolute atomic E-state index is 11.3. The molecule has 1 fully saturated rings. The van der Waals surface area contributed by atoms with Gasteiger partial charge in [-0.3, -0.25) is 9.89 Å². The summed E-state index contributed by atoms with van der Waals surface area (Å²) in [6.07, 6.45) is 1.78. The van der Waals surface area contributed by atoms with Crippen LogP contribution in [-0.4, -0.2) is 38.6 Å². The normalized spacial score (nSPS) is 20.1. The van der Waals surface area contributed by atoms with Crippen LogP contribution in [0.25, 0.3) is 0 Å². The van der Waals surface area contributed by atoms with E-state index in [1.54, 1.807) is 4.90 Å². The van der Waals surface area contributed by atoms with Gasteiger partial charge in [-0.1, -0.05) is 0 Å². The van der Waals surface area contributed by atoms with Crippen molar-refractivity contribution in [1.82, 2.24) is 15.1 Å². The zero-order valence-corrected chi connectivity index (χ0v) is 8.93. The number of aromatic carboxylic acids is 1. The molecule has 1 aromatic heterocycles. The summed E-state index contributed by atoms with van der Waals surface area (Å²) in [5.74, 6) is -1.05. The predicted molar refractivity (Wildman–Crippen MR) is 54.9 cm³/mol. The van der Waals surface area contributed by atoms with E-state index in [1.165, 1.54) is 13.0 Å². The molecular weight excluding hydrogens is 210 g/mol. The van der Waals surface area contributed by atoms with E-state index in [0.717, 1.165) is 19.4 Å². The lowest BCUT2D eigenvalue weighted by molar-refractivity contribution is -0.129. The van der Waals surface area contributed by atoms with E-state index in [1.807, 2.05) is 0 Å². The summed E-state index contributed by atoms with van der Waals surface area (Å²) in [7, 11) is 0. The fourth-order valence-electron chi connectivity index (χ4n) is 2.08. The predicted octanol–water partition coefficient (Wildman–Crippen LogP) is 0.791. The summed E-state index contributed by atoms with van der Waals surface area (Å²) in [4.78, 5) is 23.8. The van der Waals surface area contributed by atoms with Gasteiger partial charge in [-0.2, -0.15) is 5.10 Å². The Hall–Kier alpha value is -1.85. The number of nitrogens with zero attached hydrogens (tertiary/aromatic N) is 2. The number of hydrogen-bond donors (Lipinski definition) is 2. The topological polar surface area (TPSA) is 86.3 Å². The van der Waals surface area contributed by atoms with Gasteiger partial charge < -0.3 is 10.0 Å². The highest BCUT2D eigenvalue weighted by atomic mass is 16.4. The Labute approximate surface area is 92.3 Å². The minimum atomic E-state index is -1.06. The number of likely N-dealkylation sites (tertiary alicyclic amines) is 1. The van der Waals surface area contributed by atoms with E-state index in [-0.39, 0.29) is 17.6 Å². The van der Waals surface area contributed by atoms with Gasteiger partial charge in [0.2, 0.25) is 5.91 Å². The largest absolute Gasteiger partial charge is 0.476 e.